The predicted octanol–water partition coefficient (Wildman–Crippen LogP) is 4.04. The highest BCUT2D eigenvalue weighted by atomic mass is 32.2. The number of hydrogen-bond acceptors (Lipinski definition) is 4. The molecule has 0 aliphatic carbocycles. The highest BCUT2D eigenvalue weighted by Gasteiger charge is 2.22. The number of hydrogen-bond donors (Lipinski definition) is 1. The standard InChI is InChI=1S/C19H30N2S2/c1-2-7-11-21(10-6-1)19(17-8-4-3-5-9-17)14-20-18-15-22-12-13-23-16-18/h3-5,8-9,18-20H,1-2,6-7,10-16H2. The van der Waals surface area contributed by atoms with Crippen molar-refractivity contribution in [2.24, 2.45) is 0 Å². The fourth-order valence-electron chi connectivity index (χ4n) is 3.55. The molecule has 2 fully saturated rings. The van der Waals surface area contributed by atoms with Gasteiger partial charge in [-0.2, -0.15) is 23.5 Å². The van der Waals surface area contributed by atoms with Gasteiger partial charge in [-0.05, 0) is 31.5 Å². The number of benzene rings is 1. The molecule has 0 spiro atoms. The molecule has 0 aromatic heterocycles. The van der Waals surface area contributed by atoms with Gasteiger partial charge in [0.1, 0.15) is 0 Å². The molecule has 2 nitrogen and oxygen atoms in total. The molecule has 1 aromatic carbocycles. The molecule has 0 amide bonds. The Hall–Kier alpha value is -0.160. The molecule has 0 radical (unpaired) electrons. The Morgan fingerprint density at radius 1 is 0.957 bits per heavy atom. The van der Waals surface area contributed by atoms with Crippen molar-refractivity contribution >= 4 is 23.5 Å². The second kappa shape index (κ2) is 9.97. The minimum atomic E-state index is 0.535. The molecule has 2 heterocycles. The molecule has 2 saturated heterocycles. The van der Waals surface area contributed by atoms with E-state index in [0.29, 0.717) is 12.1 Å². The van der Waals surface area contributed by atoms with Gasteiger partial charge in [0, 0.05) is 41.6 Å². The molecular weight excluding hydrogens is 320 g/mol. The van der Waals surface area contributed by atoms with Gasteiger partial charge in [-0.1, -0.05) is 43.2 Å². The van der Waals surface area contributed by atoms with Crippen LogP contribution in [0.5, 0.6) is 0 Å². The maximum atomic E-state index is 3.89. The number of likely N-dealkylation sites (tertiary alicyclic amines) is 1. The van der Waals surface area contributed by atoms with Crippen LogP contribution < -0.4 is 5.32 Å². The van der Waals surface area contributed by atoms with Crippen molar-refractivity contribution in [3.05, 3.63) is 35.9 Å². The second-order valence-corrected chi connectivity index (χ2v) is 8.93. The van der Waals surface area contributed by atoms with E-state index in [4.69, 9.17) is 0 Å². The van der Waals surface area contributed by atoms with E-state index < -0.39 is 0 Å². The van der Waals surface area contributed by atoms with Crippen LogP contribution in [0.25, 0.3) is 0 Å². The van der Waals surface area contributed by atoms with Crippen LogP contribution in [-0.2, 0) is 0 Å². The lowest BCUT2D eigenvalue weighted by Crippen LogP contribution is -2.42. The van der Waals surface area contributed by atoms with Crippen LogP contribution in [0.3, 0.4) is 0 Å². The minimum absolute atomic E-state index is 0.535. The number of rotatable bonds is 5. The fourth-order valence-corrected chi connectivity index (χ4v) is 6.02. The van der Waals surface area contributed by atoms with Crippen molar-refractivity contribution in [2.45, 2.75) is 37.8 Å². The third-order valence-corrected chi connectivity index (χ3v) is 7.40. The monoisotopic (exact) mass is 350 g/mol. The van der Waals surface area contributed by atoms with Crippen LogP contribution in [0.2, 0.25) is 0 Å². The summed E-state index contributed by atoms with van der Waals surface area (Å²) >= 11 is 4.23. The molecule has 0 bridgehead atoms. The van der Waals surface area contributed by atoms with Crippen LogP contribution in [0.1, 0.15) is 37.3 Å². The summed E-state index contributed by atoms with van der Waals surface area (Å²) in [4.78, 5) is 2.73. The maximum Gasteiger partial charge on any atom is 0.0472 e. The van der Waals surface area contributed by atoms with Crippen molar-refractivity contribution in [1.29, 1.82) is 0 Å². The molecule has 1 atom stereocenters. The summed E-state index contributed by atoms with van der Waals surface area (Å²) in [5.41, 5.74) is 1.48. The number of thioether (sulfide) groups is 2. The largest absolute Gasteiger partial charge is 0.310 e. The Morgan fingerprint density at radius 2 is 1.61 bits per heavy atom. The first-order valence-electron chi connectivity index (χ1n) is 9.11. The average molecular weight is 351 g/mol. The molecule has 2 aliphatic heterocycles. The number of nitrogens with zero attached hydrogens (tertiary/aromatic N) is 1. The average Bonchev–Trinajstić information content (AvgIpc) is 3.01. The smallest absolute Gasteiger partial charge is 0.0472 e. The highest BCUT2D eigenvalue weighted by molar-refractivity contribution is 8.03. The topological polar surface area (TPSA) is 15.3 Å². The first-order valence-corrected chi connectivity index (χ1v) is 11.4. The maximum absolute atomic E-state index is 3.89. The molecule has 1 aromatic rings. The normalized spacial score (nSPS) is 23.1. The van der Waals surface area contributed by atoms with Crippen LogP contribution in [0.4, 0.5) is 0 Å². The zero-order valence-corrected chi connectivity index (χ0v) is 15.7. The van der Waals surface area contributed by atoms with Crippen molar-refractivity contribution in [2.75, 3.05) is 42.6 Å². The van der Waals surface area contributed by atoms with E-state index in [0.717, 1.165) is 6.54 Å². The predicted molar refractivity (Wildman–Crippen MR) is 106 cm³/mol. The third-order valence-electron chi connectivity index (χ3n) is 4.88. The molecule has 23 heavy (non-hydrogen) atoms. The van der Waals surface area contributed by atoms with Gasteiger partial charge in [0.2, 0.25) is 0 Å². The van der Waals surface area contributed by atoms with Gasteiger partial charge in [0.25, 0.3) is 0 Å². The van der Waals surface area contributed by atoms with E-state index in [1.807, 2.05) is 0 Å². The van der Waals surface area contributed by atoms with E-state index >= 15 is 0 Å². The SMILES string of the molecule is c1ccc(C(CNC2CSCCSC2)N2CCCCCC2)cc1. The van der Waals surface area contributed by atoms with Gasteiger partial charge in [-0.3, -0.25) is 4.90 Å². The molecule has 1 N–H and O–H groups in total. The van der Waals surface area contributed by atoms with E-state index in [2.05, 4.69) is 64.1 Å². The molecule has 0 saturated carbocycles. The summed E-state index contributed by atoms with van der Waals surface area (Å²) in [5, 5.41) is 3.89. The van der Waals surface area contributed by atoms with Crippen molar-refractivity contribution < 1.29 is 0 Å². The molecule has 3 rings (SSSR count). The van der Waals surface area contributed by atoms with Gasteiger partial charge in [0.05, 0.1) is 0 Å². The summed E-state index contributed by atoms with van der Waals surface area (Å²) in [7, 11) is 0. The lowest BCUT2D eigenvalue weighted by atomic mass is 10.0. The van der Waals surface area contributed by atoms with Crippen molar-refractivity contribution in [1.82, 2.24) is 10.2 Å². The van der Waals surface area contributed by atoms with Crippen LogP contribution in [-0.4, -0.2) is 53.6 Å². The summed E-state index contributed by atoms with van der Waals surface area (Å²) in [6.45, 7) is 3.61. The Kier molecular flexibility index (Phi) is 7.66. The summed E-state index contributed by atoms with van der Waals surface area (Å²) in [6, 6.07) is 12.4. The van der Waals surface area contributed by atoms with Gasteiger partial charge in [-0.15, -0.1) is 0 Å². The second-order valence-electron chi connectivity index (χ2n) is 6.63. The lowest BCUT2D eigenvalue weighted by Gasteiger charge is -2.32. The zero-order valence-electron chi connectivity index (χ0n) is 14.1. The van der Waals surface area contributed by atoms with E-state index in [1.165, 1.54) is 67.3 Å². The first-order chi connectivity index (χ1) is 11.4. The number of nitrogens with one attached hydrogen (secondary N) is 1. The molecule has 128 valence electrons. The summed E-state index contributed by atoms with van der Waals surface area (Å²) in [6.07, 6.45) is 5.53. The Bertz CT molecular complexity index is 424. The molecule has 2 aliphatic rings. The van der Waals surface area contributed by atoms with Gasteiger partial charge < -0.3 is 5.32 Å². The molecule has 1 unspecified atom stereocenters. The third kappa shape index (κ3) is 5.70. The summed E-state index contributed by atoms with van der Waals surface area (Å²) < 4.78 is 0. The molecular formula is C19H30N2S2. The molecule has 4 heteroatoms. The van der Waals surface area contributed by atoms with E-state index in [-0.39, 0.29) is 0 Å². The lowest BCUT2D eigenvalue weighted by molar-refractivity contribution is 0.198. The van der Waals surface area contributed by atoms with Crippen molar-refractivity contribution in [3.8, 4) is 0 Å². The Balaban J connectivity index is 1.64. The minimum Gasteiger partial charge on any atom is -0.310 e. The van der Waals surface area contributed by atoms with Crippen LogP contribution in [0, 0.1) is 0 Å². The van der Waals surface area contributed by atoms with Crippen LogP contribution >= 0.6 is 23.5 Å². The quantitative estimate of drug-likeness (QED) is 0.861. The Morgan fingerprint density at radius 3 is 2.26 bits per heavy atom. The van der Waals surface area contributed by atoms with Gasteiger partial charge >= 0.3 is 0 Å². The summed E-state index contributed by atoms with van der Waals surface area (Å²) in [5.74, 6) is 5.18. The first kappa shape index (κ1) is 17.7. The van der Waals surface area contributed by atoms with Crippen molar-refractivity contribution in [3.63, 3.8) is 0 Å². The van der Waals surface area contributed by atoms with E-state index in [1.54, 1.807) is 0 Å². The Labute approximate surface area is 150 Å². The van der Waals surface area contributed by atoms with Gasteiger partial charge in [0.15, 0.2) is 0 Å². The fraction of sp³-hybridized carbons (Fsp3) is 0.684. The van der Waals surface area contributed by atoms with E-state index in [9.17, 15) is 0 Å². The van der Waals surface area contributed by atoms with Crippen LogP contribution in [0.15, 0.2) is 30.3 Å². The zero-order chi connectivity index (χ0) is 15.7. The highest BCUT2D eigenvalue weighted by Crippen LogP contribution is 2.24. The van der Waals surface area contributed by atoms with Gasteiger partial charge in [-0.25, -0.2) is 0 Å².